The minimum Gasteiger partial charge on any atom is -0.506 e. The van der Waals surface area contributed by atoms with Gasteiger partial charge in [-0.3, -0.25) is 28.9 Å². The summed E-state index contributed by atoms with van der Waals surface area (Å²) in [5, 5.41) is 24.1. The first kappa shape index (κ1) is 27.8. The van der Waals surface area contributed by atoms with Crippen molar-refractivity contribution in [2.75, 3.05) is 33.1 Å². The van der Waals surface area contributed by atoms with Gasteiger partial charge in [-0.2, -0.15) is 0 Å². The molecule has 218 valence electrons. The maximum Gasteiger partial charge on any atom is 0.235 e. The van der Waals surface area contributed by atoms with E-state index in [0.29, 0.717) is 22.6 Å². The molecule has 11 nitrogen and oxygen atoms in total. The summed E-state index contributed by atoms with van der Waals surface area (Å²) in [6, 6.07) is 9.62. The topological polar surface area (TPSA) is 171 Å². The van der Waals surface area contributed by atoms with E-state index < -0.39 is 64.4 Å². The van der Waals surface area contributed by atoms with Crippen LogP contribution in [0.25, 0.3) is 22.3 Å². The summed E-state index contributed by atoms with van der Waals surface area (Å²) in [5.74, 6) is -10.5. The highest BCUT2D eigenvalue weighted by molar-refractivity contribution is 6.32. The zero-order valence-corrected chi connectivity index (χ0v) is 23.6. The molecule has 0 aliphatic heterocycles. The van der Waals surface area contributed by atoms with E-state index in [2.05, 4.69) is 0 Å². The number of carbonyl (C=O) groups excluding carboxylic acids is 5. The molecule has 1 heterocycles. The van der Waals surface area contributed by atoms with Gasteiger partial charge in [0.1, 0.15) is 17.1 Å². The van der Waals surface area contributed by atoms with Crippen LogP contribution < -0.4 is 10.6 Å². The molecule has 3 aliphatic rings. The van der Waals surface area contributed by atoms with Crippen molar-refractivity contribution >= 4 is 45.7 Å². The van der Waals surface area contributed by atoms with E-state index in [4.69, 9.17) is 10.2 Å². The van der Waals surface area contributed by atoms with Crippen LogP contribution in [0.4, 0.5) is 5.69 Å². The predicted octanol–water partition coefficient (Wildman–Crippen LogP) is 1.35. The Bertz CT molecular complexity index is 1690. The van der Waals surface area contributed by atoms with Crippen LogP contribution in [0.1, 0.15) is 22.3 Å². The summed E-state index contributed by atoms with van der Waals surface area (Å²) in [5.41, 5.74) is 4.53. The normalized spacial score (nSPS) is 29.0. The van der Waals surface area contributed by atoms with Gasteiger partial charge in [-0.25, -0.2) is 0 Å². The molecule has 3 aromatic rings. The molecular formula is C31H31N3O8. The molecule has 0 spiro atoms. The van der Waals surface area contributed by atoms with Gasteiger partial charge >= 0.3 is 0 Å². The van der Waals surface area contributed by atoms with E-state index in [0.717, 1.165) is 5.39 Å². The molecular weight excluding hydrogens is 542 g/mol. The summed E-state index contributed by atoms with van der Waals surface area (Å²) in [4.78, 5) is 70.5. The molecule has 2 aromatic carbocycles. The van der Waals surface area contributed by atoms with E-state index in [1.165, 1.54) is 4.90 Å². The highest BCUT2D eigenvalue weighted by atomic mass is 16.3. The van der Waals surface area contributed by atoms with Crippen molar-refractivity contribution in [2.24, 2.45) is 29.4 Å². The van der Waals surface area contributed by atoms with Crippen molar-refractivity contribution in [3.63, 3.8) is 0 Å². The number of carbonyl (C=O) groups is 5. The lowest BCUT2D eigenvalue weighted by Crippen LogP contribution is -2.74. The van der Waals surface area contributed by atoms with Crippen LogP contribution in [0, 0.1) is 23.7 Å². The summed E-state index contributed by atoms with van der Waals surface area (Å²) < 4.78 is 5.98. The Morgan fingerprint density at radius 2 is 1.74 bits per heavy atom. The summed E-state index contributed by atoms with van der Waals surface area (Å²) >= 11 is 0. The predicted molar refractivity (Wildman–Crippen MR) is 151 cm³/mol. The van der Waals surface area contributed by atoms with Crippen LogP contribution >= 0.6 is 0 Å². The Labute approximate surface area is 240 Å². The van der Waals surface area contributed by atoms with Crippen molar-refractivity contribution in [1.82, 2.24) is 4.90 Å². The number of ketones is 4. The maximum atomic E-state index is 14.2. The second kappa shape index (κ2) is 9.33. The van der Waals surface area contributed by atoms with E-state index in [1.807, 2.05) is 18.2 Å². The van der Waals surface area contributed by atoms with Crippen molar-refractivity contribution in [1.29, 1.82) is 0 Å². The highest BCUT2D eigenvalue weighted by Crippen LogP contribution is 2.53. The molecule has 6 atom stereocenters. The number of aromatic hydroxyl groups is 1. The molecule has 2 saturated carbocycles. The third-order valence-corrected chi connectivity index (χ3v) is 9.21. The molecule has 1 amide bonds. The number of likely N-dealkylation sites (N-methyl/N-ethyl adjacent to an activating group) is 1. The monoisotopic (exact) mass is 573 g/mol. The number of Topliss-reactive ketones (excluding diaryl/α,β-unsaturated/α-hetero) is 4. The molecule has 3 aliphatic carbocycles. The van der Waals surface area contributed by atoms with E-state index in [1.54, 1.807) is 51.3 Å². The number of fused-ring (bicyclic) bond motifs is 4. The lowest BCUT2D eigenvalue weighted by atomic mass is 9.52. The number of primary amides is 1. The SMILES string of the molecule is CN(C)c1cc(-c2cc3ccccc3o2)c(O)c2c1CC1CC3C(N(C)C)C(=O)C(C(N)=O)C(=O)C3(O)C(=O)C1C2=O. The van der Waals surface area contributed by atoms with Crippen LogP contribution in [-0.2, 0) is 25.6 Å². The number of furan rings is 1. The average Bonchev–Trinajstić information content (AvgIpc) is 3.34. The number of hydrogen-bond acceptors (Lipinski definition) is 10. The quantitative estimate of drug-likeness (QED) is 0.387. The zero-order chi connectivity index (χ0) is 30.4. The largest absolute Gasteiger partial charge is 0.506 e. The number of para-hydroxylation sites is 1. The molecule has 6 rings (SSSR count). The minimum atomic E-state index is -2.77. The van der Waals surface area contributed by atoms with Gasteiger partial charge in [-0.15, -0.1) is 0 Å². The molecule has 0 bridgehead atoms. The fourth-order valence-corrected chi connectivity index (χ4v) is 7.35. The first-order valence-corrected chi connectivity index (χ1v) is 13.7. The van der Waals surface area contributed by atoms with Crippen molar-refractivity contribution in [3.8, 4) is 17.1 Å². The summed E-state index contributed by atoms with van der Waals surface area (Å²) in [6.45, 7) is 0. The zero-order valence-electron chi connectivity index (χ0n) is 23.6. The van der Waals surface area contributed by atoms with Crippen molar-refractivity contribution in [3.05, 3.63) is 47.5 Å². The van der Waals surface area contributed by atoms with Crippen LogP contribution in [0.2, 0.25) is 0 Å². The first-order valence-electron chi connectivity index (χ1n) is 13.7. The van der Waals surface area contributed by atoms with Gasteiger partial charge in [0.25, 0.3) is 0 Å². The van der Waals surface area contributed by atoms with Gasteiger partial charge in [0.2, 0.25) is 5.91 Å². The van der Waals surface area contributed by atoms with Gasteiger partial charge in [0.05, 0.1) is 23.1 Å². The number of rotatable bonds is 4. The van der Waals surface area contributed by atoms with Gasteiger partial charge in [-0.05, 0) is 56.6 Å². The number of aliphatic hydroxyl groups is 1. The second-order valence-electron chi connectivity index (χ2n) is 12.0. The Balaban J connectivity index is 1.52. The van der Waals surface area contributed by atoms with Gasteiger partial charge < -0.3 is 25.3 Å². The van der Waals surface area contributed by atoms with Crippen LogP contribution in [0.3, 0.4) is 0 Å². The number of nitrogens with zero attached hydrogens (tertiary/aromatic N) is 2. The molecule has 0 radical (unpaired) electrons. The lowest BCUT2D eigenvalue weighted by Gasteiger charge is -2.52. The number of hydrogen-bond donors (Lipinski definition) is 3. The molecule has 4 N–H and O–H groups in total. The molecule has 1 aromatic heterocycles. The minimum absolute atomic E-state index is 0.0111. The number of phenolic OH excluding ortho intramolecular Hbond substituents is 1. The fourth-order valence-electron chi connectivity index (χ4n) is 7.35. The average molecular weight is 574 g/mol. The molecule has 11 heteroatoms. The molecule has 0 saturated heterocycles. The number of phenols is 1. The van der Waals surface area contributed by atoms with Crippen molar-refractivity contribution < 1.29 is 38.6 Å². The third-order valence-electron chi connectivity index (χ3n) is 9.21. The lowest BCUT2D eigenvalue weighted by molar-refractivity contribution is -0.181. The third kappa shape index (κ3) is 3.63. The van der Waals surface area contributed by atoms with Crippen LogP contribution in [-0.4, -0.2) is 84.0 Å². The first-order chi connectivity index (χ1) is 19.8. The smallest absolute Gasteiger partial charge is 0.235 e. The van der Waals surface area contributed by atoms with Crippen molar-refractivity contribution in [2.45, 2.75) is 24.5 Å². The van der Waals surface area contributed by atoms with Gasteiger partial charge in [-0.1, -0.05) is 18.2 Å². The highest BCUT2D eigenvalue weighted by Gasteiger charge is 2.69. The maximum absolute atomic E-state index is 14.2. The van der Waals surface area contributed by atoms with E-state index >= 15 is 0 Å². The van der Waals surface area contributed by atoms with Gasteiger partial charge in [0.15, 0.2) is 34.7 Å². The second-order valence-corrected chi connectivity index (χ2v) is 12.0. The number of amides is 1. The molecule has 42 heavy (non-hydrogen) atoms. The Morgan fingerprint density at radius 3 is 2.36 bits per heavy atom. The van der Waals surface area contributed by atoms with E-state index in [9.17, 15) is 34.2 Å². The van der Waals surface area contributed by atoms with E-state index in [-0.39, 0.29) is 29.7 Å². The Kier molecular flexibility index (Phi) is 6.18. The summed E-state index contributed by atoms with van der Waals surface area (Å²) in [7, 11) is 6.69. The van der Waals surface area contributed by atoms with Crippen LogP contribution in [0.5, 0.6) is 5.75 Å². The number of nitrogens with two attached hydrogens (primary N) is 1. The van der Waals surface area contributed by atoms with Gasteiger partial charge in [0, 0.05) is 31.1 Å². The number of anilines is 1. The molecule has 6 unspecified atom stereocenters. The van der Waals surface area contributed by atoms with Crippen LogP contribution in [0.15, 0.2) is 40.8 Å². The Morgan fingerprint density at radius 1 is 1.05 bits per heavy atom. The summed E-state index contributed by atoms with van der Waals surface area (Å²) in [6.07, 6.45) is 0.163. The fraction of sp³-hybridized carbons (Fsp3) is 0.387. The molecule has 2 fully saturated rings. The standard InChI is InChI=1S/C31H31N3O8/c1-33(2)18-12-16(20-11-13-7-5-6-8-19(13)42-20)25(35)22-15(18)9-14-10-17-24(34(3)4)27(37)23(30(32)40)29(39)31(17,41)28(38)21(14)26(22)36/h5-8,11-12,14,17,21,23-24,35,41H,9-10H2,1-4H3,(H2,32,40). The number of benzene rings is 2. The Hall–Kier alpha value is -4.35.